The molecule has 100 valence electrons. The lowest BCUT2D eigenvalue weighted by atomic mass is 10.2. The Balaban J connectivity index is 1.78. The number of nitrogens with one attached hydrogen (secondary N) is 1. The topological polar surface area (TPSA) is 15.3 Å². The first kappa shape index (κ1) is 13.8. The van der Waals surface area contributed by atoms with Crippen molar-refractivity contribution in [2.45, 2.75) is 24.3 Å². The highest BCUT2D eigenvalue weighted by molar-refractivity contribution is 7.99. The van der Waals surface area contributed by atoms with Crippen molar-refractivity contribution in [2.75, 3.05) is 31.9 Å². The molecule has 4 heteroatoms. The van der Waals surface area contributed by atoms with E-state index < -0.39 is 0 Å². The van der Waals surface area contributed by atoms with Gasteiger partial charge in [0.1, 0.15) is 5.82 Å². The molecule has 1 fully saturated rings. The van der Waals surface area contributed by atoms with Gasteiger partial charge in [-0.05, 0) is 31.6 Å². The largest absolute Gasteiger partial charge is 0.315 e. The molecule has 1 aliphatic rings. The van der Waals surface area contributed by atoms with Crippen LogP contribution < -0.4 is 5.32 Å². The smallest absolute Gasteiger partial charge is 0.136 e. The molecule has 0 radical (unpaired) electrons. The second kappa shape index (κ2) is 7.12. The lowest BCUT2D eigenvalue weighted by Crippen LogP contribution is -2.38. The van der Waals surface area contributed by atoms with Crippen LogP contribution in [0.15, 0.2) is 29.2 Å². The summed E-state index contributed by atoms with van der Waals surface area (Å²) in [5.41, 5.74) is 0. The predicted molar refractivity (Wildman–Crippen MR) is 75.6 cm³/mol. The van der Waals surface area contributed by atoms with E-state index in [2.05, 4.69) is 17.1 Å². The summed E-state index contributed by atoms with van der Waals surface area (Å²) in [5, 5.41) is 3.40. The maximum absolute atomic E-state index is 13.5. The molecule has 1 aromatic carbocycles. The van der Waals surface area contributed by atoms with Crippen LogP contribution in [0.2, 0.25) is 0 Å². The summed E-state index contributed by atoms with van der Waals surface area (Å²) < 4.78 is 13.5. The highest BCUT2D eigenvalue weighted by Crippen LogP contribution is 2.21. The summed E-state index contributed by atoms with van der Waals surface area (Å²) in [5.74, 6) is 0.846. The fourth-order valence-corrected chi connectivity index (χ4v) is 3.31. The van der Waals surface area contributed by atoms with E-state index in [1.54, 1.807) is 17.8 Å². The van der Waals surface area contributed by atoms with Gasteiger partial charge in [0.2, 0.25) is 0 Å². The maximum atomic E-state index is 13.5. The standard InChI is InChI=1S/C14H21FN2S/c1-2-17(12-7-8-16-11-12)9-10-18-14-6-4-3-5-13(14)15/h3-6,12,16H,2,7-11H2,1H3. The molecule has 2 rings (SSSR count). The van der Waals surface area contributed by atoms with Crippen LogP contribution in [0.5, 0.6) is 0 Å². The van der Waals surface area contributed by atoms with E-state index in [4.69, 9.17) is 0 Å². The molecule has 0 aromatic heterocycles. The minimum absolute atomic E-state index is 0.104. The quantitative estimate of drug-likeness (QED) is 0.798. The highest BCUT2D eigenvalue weighted by Gasteiger charge is 2.20. The molecule has 18 heavy (non-hydrogen) atoms. The molecule has 1 aromatic rings. The number of hydrogen-bond acceptors (Lipinski definition) is 3. The van der Waals surface area contributed by atoms with E-state index in [0.717, 1.165) is 36.8 Å². The lowest BCUT2D eigenvalue weighted by Gasteiger charge is -2.26. The summed E-state index contributed by atoms with van der Waals surface area (Å²) in [4.78, 5) is 3.26. The minimum atomic E-state index is -0.104. The molecular formula is C14H21FN2S. The molecule has 0 saturated carbocycles. The Kier molecular flexibility index (Phi) is 5.47. The number of thioether (sulfide) groups is 1. The van der Waals surface area contributed by atoms with Crippen molar-refractivity contribution < 1.29 is 4.39 Å². The Hall–Kier alpha value is -0.580. The third kappa shape index (κ3) is 3.70. The Morgan fingerprint density at radius 1 is 1.44 bits per heavy atom. The van der Waals surface area contributed by atoms with Crippen LogP contribution in [0.25, 0.3) is 0 Å². The number of benzene rings is 1. The van der Waals surface area contributed by atoms with Gasteiger partial charge in [-0.25, -0.2) is 4.39 Å². The van der Waals surface area contributed by atoms with Crippen molar-refractivity contribution in [1.82, 2.24) is 10.2 Å². The molecule has 1 atom stereocenters. The Morgan fingerprint density at radius 3 is 2.94 bits per heavy atom. The number of halogens is 1. The molecule has 1 aliphatic heterocycles. The van der Waals surface area contributed by atoms with Gasteiger partial charge in [0, 0.05) is 29.8 Å². The van der Waals surface area contributed by atoms with Gasteiger partial charge >= 0.3 is 0 Å². The Bertz CT molecular complexity index is 367. The monoisotopic (exact) mass is 268 g/mol. The predicted octanol–water partition coefficient (Wildman–Crippen LogP) is 2.60. The molecule has 1 N–H and O–H groups in total. The van der Waals surface area contributed by atoms with E-state index in [9.17, 15) is 4.39 Å². The highest BCUT2D eigenvalue weighted by atomic mass is 32.2. The van der Waals surface area contributed by atoms with Crippen molar-refractivity contribution in [3.8, 4) is 0 Å². The summed E-state index contributed by atoms with van der Waals surface area (Å²) in [6.45, 7) is 6.53. The number of hydrogen-bond donors (Lipinski definition) is 1. The van der Waals surface area contributed by atoms with Gasteiger partial charge in [-0.1, -0.05) is 19.1 Å². The van der Waals surface area contributed by atoms with Gasteiger partial charge in [0.05, 0.1) is 0 Å². The minimum Gasteiger partial charge on any atom is -0.315 e. The first-order valence-corrected chi connectivity index (χ1v) is 7.62. The van der Waals surface area contributed by atoms with E-state index in [1.165, 1.54) is 12.5 Å². The lowest BCUT2D eigenvalue weighted by molar-refractivity contribution is 0.233. The van der Waals surface area contributed by atoms with E-state index in [0.29, 0.717) is 6.04 Å². The van der Waals surface area contributed by atoms with Gasteiger partial charge in [0.15, 0.2) is 0 Å². The summed E-state index contributed by atoms with van der Waals surface area (Å²) in [6, 6.07) is 7.68. The van der Waals surface area contributed by atoms with Gasteiger partial charge < -0.3 is 5.32 Å². The second-order valence-electron chi connectivity index (χ2n) is 4.55. The van der Waals surface area contributed by atoms with Crippen molar-refractivity contribution in [1.29, 1.82) is 0 Å². The van der Waals surface area contributed by atoms with Gasteiger partial charge in [-0.2, -0.15) is 0 Å². The van der Waals surface area contributed by atoms with Crippen molar-refractivity contribution in [3.05, 3.63) is 30.1 Å². The zero-order chi connectivity index (χ0) is 12.8. The Labute approximate surface area is 113 Å². The molecule has 2 nitrogen and oxygen atoms in total. The van der Waals surface area contributed by atoms with Crippen molar-refractivity contribution in [3.63, 3.8) is 0 Å². The van der Waals surface area contributed by atoms with Crippen LogP contribution in [0, 0.1) is 5.82 Å². The van der Waals surface area contributed by atoms with E-state index >= 15 is 0 Å². The maximum Gasteiger partial charge on any atom is 0.136 e. The molecule has 0 spiro atoms. The van der Waals surface area contributed by atoms with Crippen LogP contribution in [0.3, 0.4) is 0 Å². The van der Waals surface area contributed by atoms with Crippen LogP contribution in [0.1, 0.15) is 13.3 Å². The zero-order valence-corrected chi connectivity index (χ0v) is 11.7. The Morgan fingerprint density at radius 2 is 2.28 bits per heavy atom. The number of rotatable bonds is 6. The van der Waals surface area contributed by atoms with E-state index in [1.807, 2.05) is 12.1 Å². The first-order chi connectivity index (χ1) is 8.81. The average Bonchev–Trinajstić information content (AvgIpc) is 2.90. The number of nitrogens with zero attached hydrogens (tertiary/aromatic N) is 1. The van der Waals surface area contributed by atoms with Crippen LogP contribution in [-0.2, 0) is 0 Å². The first-order valence-electron chi connectivity index (χ1n) is 6.63. The number of likely N-dealkylation sites (N-methyl/N-ethyl adjacent to an activating group) is 1. The summed E-state index contributed by atoms with van der Waals surface area (Å²) >= 11 is 1.61. The third-order valence-electron chi connectivity index (χ3n) is 3.43. The van der Waals surface area contributed by atoms with Crippen molar-refractivity contribution in [2.24, 2.45) is 0 Å². The van der Waals surface area contributed by atoms with E-state index in [-0.39, 0.29) is 5.82 Å². The zero-order valence-electron chi connectivity index (χ0n) is 10.9. The fraction of sp³-hybridized carbons (Fsp3) is 0.571. The molecule has 0 amide bonds. The fourth-order valence-electron chi connectivity index (χ4n) is 2.38. The molecule has 0 aliphatic carbocycles. The second-order valence-corrected chi connectivity index (χ2v) is 5.69. The third-order valence-corrected chi connectivity index (χ3v) is 4.46. The van der Waals surface area contributed by atoms with Crippen LogP contribution in [-0.4, -0.2) is 42.9 Å². The van der Waals surface area contributed by atoms with Gasteiger partial charge in [0.25, 0.3) is 0 Å². The van der Waals surface area contributed by atoms with Crippen molar-refractivity contribution >= 4 is 11.8 Å². The van der Waals surface area contributed by atoms with Crippen LogP contribution >= 0.6 is 11.8 Å². The SMILES string of the molecule is CCN(CCSc1ccccc1F)C1CCNC1. The molecule has 1 heterocycles. The molecular weight excluding hydrogens is 247 g/mol. The summed E-state index contributed by atoms with van der Waals surface area (Å²) in [6.07, 6.45) is 1.23. The summed E-state index contributed by atoms with van der Waals surface area (Å²) in [7, 11) is 0. The molecule has 0 bridgehead atoms. The average molecular weight is 268 g/mol. The molecule has 1 unspecified atom stereocenters. The normalized spacial score (nSPS) is 19.6. The van der Waals surface area contributed by atoms with Crippen LogP contribution in [0.4, 0.5) is 4.39 Å². The van der Waals surface area contributed by atoms with Gasteiger partial charge in [-0.15, -0.1) is 11.8 Å². The van der Waals surface area contributed by atoms with Gasteiger partial charge in [-0.3, -0.25) is 4.90 Å². The molecule has 1 saturated heterocycles.